The summed E-state index contributed by atoms with van der Waals surface area (Å²) in [7, 11) is 1.57. The highest BCUT2D eigenvalue weighted by Gasteiger charge is 2.26. The molecule has 1 N–H and O–H groups in total. The summed E-state index contributed by atoms with van der Waals surface area (Å²) in [6.07, 6.45) is 3.07. The first-order valence-electron chi connectivity index (χ1n) is 10.6. The third-order valence-electron chi connectivity index (χ3n) is 5.71. The van der Waals surface area contributed by atoms with Crippen molar-refractivity contribution in [2.45, 2.75) is 57.0 Å². The molecule has 0 saturated carbocycles. The highest BCUT2D eigenvalue weighted by Crippen LogP contribution is 2.37. The van der Waals surface area contributed by atoms with Crippen LogP contribution < -0.4 is 15.6 Å². The summed E-state index contributed by atoms with van der Waals surface area (Å²) in [5.41, 5.74) is 1.83. The van der Waals surface area contributed by atoms with Gasteiger partial charge in [0.25, 0.3) is 5.56 Å². The van der Waals surface area contributed by atoms with E-state index in [0.29, 0.717) is 29.1 Å². The van der Waals surface area contributed by atoms with Gasteiger partial charge >= 0.3 is 0 Å². The van der Waals surface area contributed by atoms with E-state index < -0.39 is 5.25 Å². The van der Waals surface area contributed by atoms with Crippen LogP contribution >= 0.6 is 23.1 Å². The van der Waals surface area contributed by atoms with Gasteiger partial charge in [-0.3, -0.25) is 14.2 Å². The average molecular weight is 458 g/mol. The average Bonchev–Trinajstić information content (AvgIpc) is 3.11. The van der Waals surface area contributed by atoms with Gasteiger partial charge in [-0.2, -0.15) is 0 Å². The minimum Gasteiger partial charge on any atom is -0.495 e. The minimum atomic E-state index is -0.429. The molecule has 1 aromatic carbocycles. The Hall–Kier alpha value is -2.32. The van der Waals surface area contributed by atoms with E-state index in [1.807, 2.05) is 26.0 Å². The van der Waals surface area contributed by atoms with Gasteiger partial charge < -0.3 is 10.1 Å². The largest absolute Gasteiger partial charge is 0.495 e. The summed E-state index contributed by atoms with van der Waals surface area (Å²) in [6, 6.07) is 7.31. The van der Waals surface area contributed by atoms with Crippen LogP contribution in [0.3, 0.4) is 0 Å². The third kappa shape index (κ3) is 4.23. The second-order valence-corrected chi connectivity index (χ2v) is 10.3. The number of carbonyl (C=O) groups is 1. The van der Waals surface area contributed by atoms with E-state index >= 15 is 0 Å². The molecule has 0 radical (unpaired) electrons. The number of amides is 1. The molecule has 0 fully saturated rings. The van der Waals surface area contributed by atoms with Crippen LogP contribution in [0.5, 0.6) is 5.75 Å². The summed E-state index contributed by atoms with van der Waals surface area (Å²) < 4.78 is 7.01. The van der Waals surface area contributed by atoms with Gasteiger partial charge in [-0.25, -0.2) is 4.98 Å². The van der Waals surface area contributed by atoms with E-state index in [1.54, 1.807) is 35.1 Å². The van der Waals surface area contributed by atoms with E-state index in [1.165, 1.54) is 22.2 Å². The Balaban J connectivity index is 1.63. The predicted molar refractivity (Wildman–Crippen MR) is 128 cm³/mol. The summed E-state index contributed by atoms with van der Waals surface area (Å²) in [5.74, 6) is 1.09. The monoisotopic (exact) mass is 457 g/mol. The number of thioether (sulfide) groups is 1. The van der Waals surface area contributed by atoms with Crippen LogP contribution in [0.4, 0.5) is 5.69 Å². The Morgan fingerprint density at radius 2 is 2.19 bits per heavy atom. The lowest BCUT2D eigenvalue weighted by Crippen LogP contribution is -2.27. The van der Waals surface area contributed by atoms with Crippen molar-refractivity contribution in [1.29, 1.82) is 0 Å². The molecule has 6 nitrogen and oxygen atoms in total. The number of thiophene rings is 1. The second-order valence-electron chi connectivity index (χ2n) is 7.93. The van der Waals surface area contributed by atoms with Crippen molar-refractivity contribution < 1.29 is 9.53 Å². The van der Waals surface area contributed by atoms with Gasteiger partial charge in [-0.15, -0.1) is 11.3 Å². The number of hydrogen-bond acceptors (Lipinski definition) is 6. The Morgan fingerprint density at radius 3 is 2.94 bits per heavy atom. The molecule has 8 heteroatoms. The van der Waals surface area contributed by atoms with Crippen LogP contribution in [0.2, 0.25) is 0 Å². The smallest absolute Gasteiger partial charge is 0.263 e. The Kier molecular flexibility index (Phi) is 6.39. The molecule has 2 atom stereocenters. The number of ether oxygens (including phenoxy) is 1. The lowest BCUT2D eigenvalue weighted by atomic mass is 9.89. The van der Waals surface area contributed by atoms with Gasteiger partial charge in [-0.05, 0) is 56.7 Å². The molecule has 0 spiro atoms. The Morgan fingerprint density at radius 1 is 1.42 bits per heavy atom. The van der Waals surface area contributed by atoms with Crippen LogP contribution in [-0.4, -0.2) is 27.8 Å². The van der Waals surface area contributed by atoms with Crippen molar-refractivity contribution in [3.63, 3.8) is 0 Å². The van der Waals surface area contributed by atoms with Gasteiger partial charge in [0.1, 0.15) is 10.6 Å². The standard InChI is InChI=1S/C23H27N3O3S2/c1-5-26-22(28)19-15-11-10-13(2)12-18(15)31-21(19)25-23(26)30-14(3)20(27)24-16-8-6-7-9-17(16)29-4/h6-9,13-14H,5,10-12H2,1-4H3,(H,24,27). The van der Waals surface area contributed by atoms with Crippen LogP contribution in [0.1, 0.15) is 37.6 Å². The molecule has 2 heterocycles. The number of para-hydroxylation sites is 2. The summed E-state index contributed by atoms with van der Waals surface area (Å²) >= 11 is 2.96. The highest BCUT2D eigenvalue weighted by atomic mass is 32.2. The van der Waals surface area contributed by atoms with Gasteiger partial charge in [-0.1, -0.05) is 30.8 Å². The Bertz CT molecular complexity index is 1180. The maximum Gasteiger partial charge on any atom is 0.263 e. The number of carbonyl (C=O) groups excluding carboxylic acids is 1. The van der Waals surface area contributed by atoms with Crippen molar-refractivity contribution in [3.8, 4) is 5.75 Å². The fraction of sp³-hybridized carbons (Fsp3) is 0.435. The number of methoxy groups -OCH3 is 1. The number of aryl methyl sites for hydroxylation is 1. The van der Waals surface area contributed by atoms with Crippen LogP contribution in [-0.2, 0) is 24.2 Å². The molecule has 0 bridgehead atoms. The third-order valence-corrected chi connectivity index (χ3v) is 7.95. The molecule has 4 rings (SSSR count). The van der Waals surface area contributed by atoms with Crippen LogP contribution in [0.25, 0.3) is 10.2 Å². The van der Waals surface area contributed by atoms with Crippen molar-refractivity contribution in [3.05, 3.63) is 45.1 Å². The Labute approximate surface area is 190 Å². The van der Waals surface area contributed by atoms with Crippen molar-refractivity contribution in [2.75, 3.05) is 12.4 Å². The fourth-order valence-electron chi connectivity index (χ4n) is 3.97. The van der Waals surface area contributed by atoms with Gasteiger partial charge in [0.05, 0.1) is 23.4 Å². The molecule has 2 aromatic heterocycles. The molecule has 3 aromatic rings. The molecular formula is C23H27N3O3S2. The van der Waals surface area contributed by atoms with Crippen molar-refractivity contribution in [1.82, 2.24) is 9.55 Å². The van der Waals surface area contributed by atoms with E-state index in [0.717, 1.165) is 29.5 Å². The molecule has 2 unspecified atom stereocenters. The fourth-order valence-corrected chi connectivity index (χ4v) is 6.36. The zero-order valence-corrected chi connectivity index (χ0v) is 19.9. The number of nitrogens with one attached hydrogen (secondary N) is 1. The first kappa shape index (κ1) is 21.9. The van der Waals surface area contributed by atoms with Crippen molar-refractivity contribution in [2.24, 2.45) is 5.92 Å². The second kappa shape index (κ2) is 9.04. The minimum absolute atomic E-state index is 0.0133. The summed E-state index contributed by atoms with van der Waals surface area (Å²) in [4.78, 5) is 33.1. The van der Waals surface area contributed by atoms with E-state index in [9.17, 15) is 9.59 Å². The number of aromatic nitrogens is 2. The highest BCUT2D eigenvalue weighted by molar-refractivity contribution is 8.00. The van der Waals surface area contributed by atoms with Gasteiger partial charge in [0.2, 0.25) is 5.91 Å². The maximum absolute atomic E-state index is 13.3. The van der Waals surface area contributed by atoms with Gasteiger partial charge in [0.15, 0.2) is 5.16 Å². The number of benzene rings is 1. The topological polar surface area (TPSA) is 73.2 Å². The van der Waals surface area contributed by atoms with Gasteiger partial charge in [0, 0.05) is 11.4 Å². The number of anilines is 1. The molecule has 0 saturated heterocycles. The molecule has 0 aliphatic heterocycles. The molecular weight excluding hydrogens is 430 g/mol. The molecule has 31 heavy (non-hydrogen) atoms. The molecule has 1 amide bonds. The van der Waals surface area contributed by atoms with E-state index in [-0.39, 0.29) is 11.5 Å². The van der Waals surface area contributed by atoms with Crippen molar-refractivity contribution >= 4 is 44.9 Å². The molecule has 164 valence electrons. The molecule has 1 aliphatic rings. The summed E-state index contributed by atoms with van der Waals surface area (Å²) in [6.45, 7) is 6.55. The van der Waals surface area contributed by atoms with E-state index in [4.69, 9.17) is 9.72 Å². The number of rotatable bonds is 6. The summed E-state index contributed by atoms with van der Waals surface area (Å²) in [5, 5.41) is 3.86. The number of nitrogens with zero attached hydrogens (tertiary/aromatic N) is 2. The SMILES string of the molecule is CCn1c(SC(C)C(=O)Nc2ccccc2OC)nc2sc3c(c2c1=O)CCC(C)C3. The zero-order chi connectivity index (χ0) is 22.1. The first-order valence-corrected chi connectivity index (χ1v) is 12.3. The van der Waals surface area contributed by atoms with Crippen LogP contribution in [0, 0.1) is 5.92 Å². The lowest BCUT2D eigenvalue weighted by Gasteiger charge is -2.18. The number of fused-ring (bicyclic) bond motifs is 3. The predicted octanol–water partition coefficient (Wildman–Crippen LogP) is 4.73. The van der Waals surface area contributed by atoms with Crippen LogP contribution in [0.15, 0.2) is 34.2 Å². The number of hydrogen-bond donors (Lipinski definition) is 1. The van der Waals surface area contributed by atoms with E-state index in [2.05, 4.69) is 12.2 Å². The molecule has 1 aliphatic carbocycles. The maximum atomic E-state index is 13.3. The zero-order valence-electron chi connectivity index (χ0n) is 18.2. The first-order chi connectivity index (χ1) is 14.9. The normalized spacial score (nSPS) is 16.7. The quantitative estimate of drug-likeness (QED) is 0.428. The lowest BCUT2D eigenvalue weighted by molar-refractivity contribution is -0.115.